The molecule has 1 aromatic carbocycles. The average molecular weight is 825 g/mol. The number of sulfone groups is 1. The van der Waals surface area contributed by atoms with E-state index in [4.69, 9.17) is 10.3 Å². The SMILES string of the molecule is CCCCN[C@H](C(=O)N(C(=O)[C@H](Cc1cnc[nH]1)NC(=O)[C@@H](Cc1ccccc1)CS(=O)(=O)C(C)(C)C)C(=O)[C@@H](N)CC1CCCCC1)C(C)C.CS(=O)(=O)O. The third kappa shape index (κ3) is 16.5. The highest BCUT2D eigenvalue weighted by molar-refractivity contribution is 7.92. The van der Waals surface area contributed by atoms with Gasteiger partial charge < -0.3 is 21.4 Å². The van der Waals surface area contributed by atoms with Crippen LogP contribution in [-0.2, 0) is 52.0 Å². The summed E-state index contributed by atoms with van der Waals surface area (Å²) in [6, 6.07) is 5.67. The zero-order valence-corrected chi connectivity index (χ0v) is 35.6. The third-order valence-corrected chi connectivity index (χ3v) is 12.5. The molecule has 0 saturated heterocycles. The van der Waals surface area contributed by atoms with Crippen molar-refractivity contribution in [2.75, 3.05) is 18.6 Å². The van der Waals surface area contributed by atoms with Gasteiger partial charge in [0, 0.05) is 18.3 Å². The molecule has 56 heavy (non-hydrogen) atoms. The number of aromatic nitrogens is 2. The molecule has 3 rings (SSSR count). The van der Waals surface area contributed by atoms with Gasteiger partial charge in [0.2, 0.25) is 5.91 Å². The lowest BCUT2D eigenvalue weighted by molar-refractivity contribution is -0.158. The number of benzene rings is 1. The predicted molar refractivity (Wildman–Crippen MR) is 216 cm³/mol. The van der Waals surface area contributed by atoms with E-state index in [0.717, 1.165) is 50.5 Å². The molecule has 1 heterocycles. The number of hydrogen-bond acceptors (Lipinski definition) is 11. The van der Waals surface area contributed by atoms with E-state index < -0.39 is 78.1 Å². The summed E-state index contributed by atoms with van der Waals surface area (Å²) in [5, 5.41) is 6.01. The van der Waals surface area contributed by atoms with E-state index in [0.29, 0.717) is 29.8 Å². The Morgan fingerprint density at radius 2 is 1.59 bits per heavy atom. The maximum atomic E-state index is 14.7. The molecule has 4 amide bonds. The first-order valence-corrected chi connectivity index (χ1v) is 22.9. The predicted octanol–water partition coefficient (Wildman–Crippen LogP) is 3.61. The molecule has 4 atom stereocenters. The van der Waals surface area contributed by atoms with Crippen LogP contribution in [-0.4, -0.2) is 101 Å². The fourth-order valence-corrected chi connectivity index (χ4v) is 7.76. The van der Waals surface area contributed by atoms with Crippen LogP contribution in [0.25, 0.3) is 0 Å². The zero-order chi connectivity index (χ0) is 42.3. The molecule has 17 heteroatoms. The molecule has 316 valence electrons. The number of nitrogens with zero attached hydrogens (tertiary/aromatic N) is 2. The number of amides is 4. The van der Waals surface area contributed by atoms with Gasteiger partial charge in [-0.25, -0.2) is 18.3 Å². The summed E-state index contributed by atoms with van der Waals surface area (Å²) in [5.74, 6) is -4.74. The molecular formula is C39H64N6O9S2. The van der Waals surface area contributed by atoms with E-state index in [1.54, 1.807) is 32.9 Å². The van der Waals surface area contributed by atoms with Crippen molar-refractivity contribution in [1.82, 2.24) is 25.5 Å². The second-order valence-corrected chi connectivity index (χ2v) is 20.3. The number of hydrogen-bond donors (Lipinski definition) is 5. The van der Waals surface area contributed by atoms with Crippen LogP contribution in [0.3, 0.4) is 0 Å². The maximum Gasteiger partial charge on any atom is 0.261 e. The number of carbonyl (C=O) groups excluding carboxylic acids is 4. The van der Waals surface area contributed by atoms with Crippen LogP contribution in [0.15, 0.2) is 42.9 Å². The molecule has 15 nitrogen and oxygen atoms in total. The second-order valence-electron chi connectivity index (χ2n) is 16.1. The number of H-pyrrole nitrogens is 1. The number of rotatable bonds is 18. The number of carbonyl (C=O) groups is 4. The molecule has 1 saturated carbocycles. The maximum absolute atomic E-state index is 14.7. The Bertz CT molecular complexity index is 1750. The van der Waals surface area contributed by atoms with Crippen molar-refractivity contribution >= 4 is 43.6 Å². The molecule has 0 spiro atoms. The summed E-state index contributed by atoms with van der Waals surface area (Å²) in [4.78, 5) is 65.1. The first-order valence-electron chi connectivity index (χ1n) is 19.4. The molecule has 1 fully saturated rings. The molecule has 0 unspecified atom stereocenters. The van der Waals surface area contributed by atoms with E-state index in [1.807, 2.05) is 39.0 Å². The van der Waals surface area contributed by atoms with E-state index in [2.05, 4.69) is 20.6 Å². The van der Waals surface area contributed by atoms with Gasteiger partial charge in [0.25, 0.3) is 27.8 Å². The van der Waals surface area contributed by atoms with Crippen LogP contribution < -0.4 is 16.4 Å². The minimum Gasteiger partial charge on any atom is -0.348 e. The largest absolute Gasteiger partial charge is 0.348 e. The Morgan fingerprint density at radius 1 is 0.982 bits per heavy atom. The van der Waals surface area contributed by atoms with E-state index in [-0.39, 0.29) is 24.7 Å². The van der Waals surface area contributed by atoms with Crippen LogP contribution in [0.2, 0.25) is 0 Å². The highest BCUT2D eigenvalue weighted by Crippen LogP contribution is 2.28. The van der Waals surface area contributed by atoms with Crippen molar-refractivity contribution in [3.05, 3.63) is 54.1 Å². The molecular weight excluding hydrogens is 761 g/mol. The summed E-state index contributed by atoms with van der Waals surface area (Å²) >= 11 is 0. The zero-order valence-electron chi connectivity index (χ0n) is 34.0. The number of nitrogens with two attached hydrogens (primary N) is 1. The van der Waals surface area contributed by atoms with Crippen LogP contribution in [0.1, 0.15) is 104 Å². The molecule has 0 radical (unpaired) electrons. The van der Waals surface area contributed by atoms with Gasteiger partial charge in [0.15, 0.2) is 9.84 Å². The first kappa shape index (κ1) is 48.6. The summed E-state index contributed by atoms with van der Waals surface area (Å²) < 4.78 is 51.6. The van der Waals surface area contributed by atoms with E-state index >= 15 is 0 Å². The van der Waals surface area contributed by atoms with Crippen molar-refractivity contribution in [1.29, 1.82) is 0 Å². The minimum atomic E-state index is -3.77. The van der Waals surface area contributed by atoms with Crippen molar-refractivity contribution in [3.63, 3.8) is 0 Å². The molecule has 1 aromatic heterocycles. The van der Waals surface area contributed by atoms with Crippen LogP contribution in [0.4, 0.5) is 0 Å². The average Bonchev–Trinajstić information content (AvgIpc) is 3.62. The number of aromatic amines is 1. The summed E-state index contributed by atoms with van der Waals surface area (Å²) in [5.41, 5.74) is 7.74. The summed E-state index contributed by atoms with van der Waals surface area (Å²) in [6.07, 6.45) is 10.7. The number of unbranched alkanes of at least 4 members (excludes halogenated alkanes) is 1. The topological polar surface area (TPSA) is 239 Å². The quantitative estimate of drug-likeness (QED) is 0.107. The Labute approximate surface area is 333 Å². The Hall–Kier alpha value is -3.51. The fourth-order valence-electron chi connectivity index (χ4n) is 6.46. The smallest absolute Gasteiger partial charge is 0.261 e. The minimum absolute atomic E-state index is 0.0948. The summed E-state index contributed by atoms with van der Waals surface area (Å²) in [6.45, 7) is 10.9. The number of imidazole rings is 1. The third-order valence-electron chi connectivity index (χ3n) is 9.76. The van der Waals surface area contributed by atoms with Gasteiger partial charge in [-0.15, -0.1) is 0 Å². The van der Waals surface area contributed by atoms with Crippen molar-refractivity contribution in [3.8, 4) is 0 Å². The fraction of sp³-hybridized carbons (Fsp3) is 0.667. The van der Waals surface area contributed by atoms with E-state index in [9.17, 15) is 36.0 Å². The normalized spacial score (nSPS) is 16.2. The van der Waals surface area contributed by atoms with E-state index in [1.165, 1.54) is 12.5 Å². The van der Waals surface area contributed by atoms with Gasteiger partial charge in [0.1, 0.15) is 6.04 Å². The molecule has 1 aliphatic rings. The molecule has 1 aliphatic carbocycles. The van der Waals surface area contributed by atoms with Gasteiger partial charge >= 0.3 is 0 Å². The standard InChI is InChI=1S/C38H60N6O6S.CH4O3S/c1-7-8-19-41-33(26(2)3)37(48)44(35(46)31(39)21-28-17-13-10-14-18-28)36(47)32(22-30-23-40-25-42-30)43-34(45)29(20-27-15-11-9-12-16-27)24-51(49,50)38(4,5)6;1-5(2,3)4/h9,11-12,15-16,23,25-26,28-29,31-33,41H,7-8,10,13-14,17-22,24,39H2,1-6H3,(H,40,42)(H,43,45);1H3,(H,2,3,4)/t29-,31-,32-,33-;/m0./s1. The van der Waals surface area contributed by atoms with Gasteiger partial charge in [0.05, 0.1) is 41.1 Å². The second kappa shape index (κ2) is 22.4. The van der Waals surface area contributed by atoms with Gasteiger partial charge in [-0.3, -0.25) is 23.7 Å². The molecule has 6 N–H and O–H groups in total. The Balaban J connectivity index is 0.00000203. The highest BCUT2D eigenvalue weighted by atomic mass is 32.2. The Kier molecular flexibility index (Phi) is 19.5. The first-order chi connectivity index (χ1) is 26.1. The van der Waals surface area contributed by atoms with Gasteiger partial charge in [-0.1, -0.05) is 89.6 Å². The lowest BCUT2D eigenvalue weighted by atomic mass is 9.84. The monoisotopic (exact) mass is 824 g/mol. The van der Waals surface area contributed by atoms with Gasteiger partial charge in [-0.2, -0.15) is 8.42 Å². The van der Waals surface area contributed by atoms with Gasteiger partial charge in [-0.05, 0) is 64.0 Å². The lowest BCUT2D eigenvalue weighted by Gasteiger charge is -2.33. The van der Waals surface area contributed by atoms with Crippen LogP contribution in [0, 0.1) is 17.8 Å². The van der Waals surface area contributed by atoms with Crippen LogP contribution >= 0.6 is 0 Å². The highest BCUT2D eigenvalue weighted by Gasteiger charge is 2.42. The van der Waals surface area contributed by atoms with Crippen molar-refractivity contribution in [2.45, 2.75) is 129 Å². The van der Waals surface area contributed by atoms with Crippen molar-refractivity contribution in [2.24, 2.45) is 23.5 Å². The lowest BCUT2D eigenvalue weighted by Crippen LogP contribution is -2.62. The number of nitrogens with one attached hydrogen (secondary N) is 3. The van der Waals surface area contributed by atoms with Crippen LogP contribution in [0.5, 0.6) is 0 Å². The Morgan fingerprint density at radius 3 is 2.11 bits per heavy atom. The molecule has 2 aromatic rings. The summed E-state index contributed by atoms with van der Waals surface area (Å²) in [7, 11) is -7.44. The number of imide groups is 3. The molecule has 0 bridgehead atoms. The van der Waals surface area contributed by atoms with Crippen molar-refractivity contribution < 1.29 is 40.6 Å². The molecule has 0 aliphatic heterocycles.